The van der Waals surface area contributed by atoms with Gasteiger partial charge in [-0.3, -0.25) is 0 Å². The molecule has 0 heterocycles. The molecule has 12 heavy (non-hydrogen) atoms. The molecular formula is C9H13NS2. The van der Waals surface area contributed by atoms with Gasteiger partial charge in [0.05, 0.1) is 4.58 Å². The highest BCUT2D eigenvalue weighted by molar-refractivity contribution is 7.98. The molecule has 3 heteroatoms. The van der Waals surface area contributed by atoms with Crippen LogP contribution in [0.15, 0.2) is 24.3 Å². The first kappa shape index (κ1) is 9.81. The van der Waals surface area contributed by atoms with Gasteiger partial charge in [-0.15, -0.1) is 0 Å². The van der Waals surface area contributed by atoms with Gasteiger partial charge in [-0.1, -0.05) is 18.2 Å². The number of rotatable bonds is 2. The third-order valence-electron chi connectivity index (χ3n) is 1.70. The van der Waals surface area contributed by atoms with Crippen molar-refractivity contribution in [2.45, 2.75) is 4.58 Å². The Hall–Kier alpha value is -0.280. The molecular weight excluding hydrogens is 186 g/mol. The van der Waals surface area contributed by atoms with Crippen molar-refractivity contribution in [3.05, 3.63) is 29.8 Å². The van der Waals surface area contributed by atoms with E-state index < -0.39 is 0 Å². The van der Waals surface area contributed by atoms with Crippen molar-refractivity contribution in [2.24, 2.45) is 0 Å². The van der Waals surface area contributed by atoms with Crippen LogP contribution < -0.4 is 4.90 Å². The molecule has 1 nitrogen and oxygen atoms in total. The molecule has 0 aliphatic heterocycles. The molecule has 0 aliphatic carbocycles. The predicted molar refractivity (Wildman–Crippen MR) is 61.5 cm³/mol. The molecule has 0 saturated carbocycles. The first-order valence-corrected chi connectivity index (χ1v) is 4.78. The van der Waals surface area contributed by atoms with E-state index in [9.17, 15) is 0 Å². The van der Waals surface area contributed by atoms with E-state index >= 15 is 0 Å². The van der Waals surface area contributed by atoms with E-state index in [1.165, 1.54) is 5.69 Å². The average Bonchev–Trinajstić information content (AvgIpc) is 2.04. The first-order chi connectivity index (χ1) is 5.63. The van der Waals surface area contributed by atoms with Crippen LogP contribution in [0.5, 0.6) is 0 Å². The largest absolute Gasteiger partial charge is 0.377 e. The smallest absolute Gasteiger partial charge is 0.0712 e. The number of thiol groups is 2. The maximum Gasteiger partial charge on any atom is 0.0712 e. The summed E-state index contributed by atoms with van der Waals surface area (Å²) in [7, 11) is 4.03. The van der Waals surface area contributed by atoms with Gasteiger partial charge in [0, 0.05) is 19.8 Å². The van der Waals surface area contributed by atoms with Crippen molar-refractivity contribution in [1.29, 1.82) is 0 Å². The lowest BCUT2D eigenvalue weighted by Gasteiger charge is -2.18. The second-order valence-electron chi connectivity index (χ2n) is 2.83. The lowest BCUT2D eigenvalue weighted by atomic mass is 10.2. The van der Waals surface area contributed by atoms with Gasteiger partial charge in [0.25, 0.3) is 0 Å². The minimum atomic E-state index is -0.0106. The summed E-state index contributed by atoms with van der Waals surface area (Å²) >= 11 is 8.58. The van der Waals surface area contributed by atoms with E-state index in [1.54, 1.807) is 0 Å². The summed E-state index contributed by atoms with van der Waals surface area (Å²) in [5.41, 5.74) is 2.32. The van der Waals surface area contributed by atoms with Gasteiger partial charge in [0.15, 0.2) is 0 Å². The second-order valence-corrected chi connectivity index (χ2v) is 4.27. The number of hydrogen-bond acceptors (Lipinski definition) is 3. The Bertz CT molecular complexity index is 231. The van der Waals surface area contributed by atoms with Crippen LogP contribution in [0, 0.1) is 0 Å². The third-order valence-corrected chi connectivity index (χ3v) is 2.25. The van der Waals surface area contributed by atoms with Crippen molar-refractivity contribution < 1.29 is 0 Å². The van der Waals surface area contributed by atoms with Crippen LogP contribution in [-0.4, -0.2) is 14.1 Å². The van der Waals surface area contributed by atoms with Crippen LogP contribution in [0.25, 0.3) is 0 Å². The number of hydrogen-bond donors (Lipinski definition) is 2. The molecule has 0 aromatic heterocycles. The fourth-order valence-electron chi connectivity index (χ4n) is 1.11. The van der Waals surface area contributed by atoms with Crippen molar-refractivity contribution in [3.8, 4) is 0 Å². The molecule has 1 aromatic carbocycles. The number of para-hydroxylation sites is 1. The predicted octanol–water partition coefficient (Wildman–Crippen LogP) is 2.61. The highest BCUT2D eigenvalue weighted by Crippen LogP contribution is 2.31. The summed E-state index contributed by atoms with van der Waals surface area (Å²) in [4.78, 5) is 2.06. The molecule has 66 valence electrons. The summed E-state index contributed by atoms with van der Waals surface area (Å²) < 4.78 is -0.0106. The van der Waals surface area contributed by atoms with E-state index in [0.717, 1.165) is 5.56 Å². The van der Waals surface area contributed by atoms with E-state index in [1.807, 2.05) is 32.3 Å². The zero-order chi connectivity index (χ0) is 9.14. The Labute approximate surface area is 84.6 Å². The first-order valence-electron chi connectivity index (χ1n) is 3.75. The van der Waals surface area contributed by atoms with E-state index in [0.29, 0.717) is 0 Å². The summed E-state index contributed by atoms with van der Waals surface area (Å²) in [6.45, 7) is 0. The van der Waals surface area contributed by atoms with Gasteiger partial charge in [-0.2, -0.15) is 25.3 Å². The number of benzene rings is 1. The molecule has 0 saturated heterocycles. The van der Waals surface area contributed by atoms with Crippen molar-refractivity contribution in [3.63, 3.8) is 0 Å². The molecule has 0 unspecified atom stereocenters. The van der Waals surface area contributed by atoms with Gasteiger partial charge in [-0.25, -0.2) is 0 Å². The lowest BCUT2D eigenvalue weighted by molar-refractivity contribution is 1.11. The highest BCUT2D eigenvalue weighted by atomic mass is 32.2. The highest BCUT2D eigenvalue weighted by Gasteiger charge is 2.07. The minimum absolute atomic E-state index is 0.0106. The normalized spacial score (nSPS) is 10.4. The Morgan fingerprint density at radius 3 is 2.17 bits per heavy atom. The van der Waals surface area contributed by atoms with Crippen LogP contribution in [0.2, 0.25) is 0 Å². The van der Waals surface area contributed by atoms with Gasteiger partial charge < -0.3 is 4.90 Å². The van der Waals surface area contributed by atoms with E-state index in [-0.39, 0.29) is 4.58 Å². The molecule has 0 N–H and O–H groups in total. The Morgan fingerprint density at radius 1 is 1.17 bits per heavy atom. The van der Waals surface area contributed by atoms with Crippen molar-refractivity contribution in [1.82, 2.24) is 0 Å². The lowest BCUT2D eigenvalue weighted by Crippen LogP contribution is -2.10. The van der Waals surface area contributed by atoms with Gasteiger partial charge in [0.2, 0.25) is 0 Å². The van der Waals surface area contributed by atoms with E-state index in [2.05, 4.69) is 36.2 Å². The minimum Gasteiger partial charge on any atom is -0.377 e. The summed E-state index contributed by atoms with van der Waals surface area (Å²) in [6.07, 6.45) is 0. The number of anilines is 1. The van der Waals surface area contributed by atoms with Crippen LogP contribution in [0.4, 0.5) is 5.69 Å². The van der Waals surface area contributed by atoms with Gasteiger partial charge >= 0.3 is 0 Å². The maximum atomic E-state index is 4.29. The Kier molecular flexibility index (Phi) is 3.35. The van der Waals surface area contributed by atoms with Crippen molar-refractivity contribution >= 4 is 30.9 Å². The second kappa shape index (κ2) is 4.10. The quantitative estimate of drug-likeness (QED) is 0.547. The molecule has 0 aliphatic rings. The molecule has 0 fully saturated rings. The standard InChI is InChI=1S/C9H13NS2/c1-10(2)8-6-4-3-5-7(8)9(11)12/h3-6,9,11-12H,1-2H3. The van der Waals surface area contributed by atoms with E-state index in [4.69, 9.17) is 0 Å². The monoisotopic (exact) mass is 199 g/mol. The van der Waals surface area contributed by atoms with Crippen LogP contribution in [0.3, 0.4) is 0 Å². The zero-order valence-electron chi connectivity index (χ0n) is 7.23. The molecule has 0 radical (unpaired) electrons. The summed E-state index contributed by atoms with van der Waals surface area (Å²) in [5, 5.41) is 0. The topological polar surface area (TPSA) is 3.24 Å². The maximum absolute atomic E-state index is 4.29. The summed E-state index contributed by atoms with van der Waals surface area (Å²) in [5.74, 6) is 0. The number of nitrogens with zero attached hydrogens (tertiary/aromatic N) is 1. The molecule has 0 atom stereocenters. The average molecular weight is 199 g/mol. The molecule has 0 amide bonds. The summed E-state index contributed by atoms with van der Waals surface area (Å²) in [6, 6.07) is 8.12. The van der Waals surface area contributed by atoms with Crippen LogP contribution >= 0.6 is 25.3 Å². The SMILES string of the molecule is CN(C)c1ccccc1C(S)S. The van der Waals surface area contributed by atoms with Gasteiger partial charge in [0.1, 0.15) is 0 Å². The molecule has 1 aromatic rings. The van der Waals surface area contributed by atoms with Crippen molar-refractivity contribution in [2.75, 3.05) is 19.0 Å². The van der Waals surface area contributed by atoms with Crippen LogP contribution in [0.1, 0.15) is 10.1 Å². The third kappa shape index (κ3) is 2.11. The Balaban J connectivity index is 3.09. The molecule has 1 rings (SSSR count). The fourth-order valence-corrected chi connectivity index (χ4v) is 1.55. The molecule has 0 spiro atoms. The zero-order valence-corrected chi connectivity index (χ0v) is 9.02. The Morgan fingerprint density at radius 2 is 1.75 bits per heavy atom. The molecule has 0 bridgehead atoms. The fraction of sp³-hybridized carbons (Fsp3) is 0.333. The van der Waals surface area contributed by atoms with Crippen LogP contribution in [-0.2, 0) is 0 Å². The van der Waals surface area contributed by atoms with Gasteiger partial charge in [-0.05, 0) is 11.6 Å².